The van der Waals surface area contributed by atoms with Gasteiger partial charge in [0.25, 0.3) is 0 Å². The molecule has 1 aromatic carbocycles. The molecular weight excluding hydrogens is 292 g/mol. The van der Waals surface area contributed by atoms with E-state index in [1.807, 2.05) is 6.07 Å². The summed E-state index contributed by atoms with van der Waals surface area (Å²) in [6.07, 6.45) is 1.92. The van der Waals surface area contributed by atoms with Gasteiger partial charge in [-0.25, -0.2) is 8.42 Å². The maximum absolute atomic E-state index is 12.6. The lowest BCUT2D eigenvalue weighted by Gasteiger charge is -2.31. The minimum absolute atomic E-state index is 0.0670. The van der Waals surface area contributed by atoms with E-state index in [4.69, 9.17) is 5.26 Å². The first-order valence-electron chi connectivity index (χ1n) is 6.67. The zero-order valence-electron chi connectivity index (χ0n) is 11.4. The minimum Gasteiger partial charge on any atom is -0.480 e. The van der Waals surface area contributed by atoms with E-state index in [1.54, 1.807) is 12.1 Å². The van der Waals surface area contributed by atoms with Crippen molar-refractivity contribution in [3.63, 3.8) is 0 Å². The number of benzene rings is 1. The second-order valence-electron chi connectivity index (χ2n) is 4.94. The molecule has 0 bridgehead atoms. The Labute approximate surface area is 123 Å². The molecule has 1 aliphatic rings. The van der Waals surface area contributed by atoms with Gasteiger partial charge in [0.15, 0.2) is 0 Å². The molecule has 2 rings (SSSR count). The number of carbonyl (C=O) groups is 1. The number of aliphatic carboxylic acids is 1. The molecule has 21 heavy (non-hydrogen) atoms. The van der Waals surface area contributed by atoms with E-state index in [2.05, 4.69) is 0 Å². The van der Waals surface area contributed by atoms with E-state index in [0.29, 0.717) is 19.3 Å². The zero-order chi connectivity index (χ0) is 15.5. The minimum atomic E-state index is -3.82. The molecule has 0 unspecified atom stereocenters. The Hall–Kier alpha value is -1.91. The average Bonchev–Trinajstić information content (AvgIpc) is 2.48. The van der Waals surface area contributed by atoms with Crippen LogP contribution in [-0.4, -0.2) is 36.4 Å². The SMILES string of the molecule is N#CCc1ccc(S(=O)(=O)N2CCCC[C@H]2C(=O)O)cc1. The van der Waals surface area contributed by atoms with E-state index in [-0.39, 0.29) is 17.9 Å². The van der Waals surface area contributed by atoms with Gasteiger partial charge < -0.3 is 5.11 Å². The number of carboxylic acids is 1. The molecule has 1 saturated heterocycles. The molecule has 7 heteroatoms. The monoisotopic (exact) mass is 308 g/mol. The quantitative estimate of drug-likeness (QED) is 0.906. The summed E-state index contributed by atoms with van der Waals surface area (Å²) in [6.45, 7) is 0.221. The molecule has 0 aliphatic carbocycles. The van der Waals surface area contributed by atoms with Crippen LogP contribution in [0.1, 0.15) is 24.8 Å². The Morgan fingerprint density at radius 3 is 2.57 bits per heavy atom. The number of nitriles is 1. The van der Waals surface area contributed by atoms with Gasteiger partial charge in [0.05, 0.1) is 17.4 Å². The van der Waals surface area contributed by atoms with E-state index >= 15 is 0 Å². The topological polar surface area (TPSA) is 98.5 Å². The summed E-state index contributed by atoms with van der Waals surface area (Å²) < 4.78 is 26.2. The van der Waals surface area contributed by atoms with Crippen LogP contribution < -0.4 is 0 Å². The van der Waals surface area contributed by atoms with Gasteiger partial charge >= 0.3 is 5.97 Å². The molecule has 0 amide bonds. The molecule has 1 aromatic rings. The molecule has 6 nitrogen and oxygen atoms in total. The highest BCUT2D eigenvalue weighted by atomic mass is 32.2. The fourth-order valence-electron chi connectivity index (χ4n) is 2.45. The third-order valence-electron chi connectivity index (χ3n) is 3.55. The van der Waals surface area contributed by atoms with E-state index < -0.39 is 22.0 Å². The third kappa shape index (κ3) is 3.23. The normalized spacial score (nSPS) is 19.9. The van der Waals surface area contributed by atoms with Gasteiger partial charge in [0.1, 0.15) is 6.04 Å². The van der Waals surface area contributed by atoms with Crippen LogP contribution in [0.3, 0.4) is 0 Å². The first-order valence-corrected chi connectivity index (χ1v) is 8.11. The zero-order valence-corrected chi connectivity index (χ0v) is 12.2. The molecule has 1 fully saturated rings. The maximum atomic E-state index is 12.6. The number of sulfonamides is 1. The number of hydrogen-bond donors (Lipinski definition) is 1. The summed E-state index contributed by atoms with van der Waals surface area (Å²) >= 11 is 0. The molecule has 0 radical (unpaired) electrons. The maximum Gasteiger partial charge on any atom is 0.322 e. The van der Waals surface area contributed by atoms with Crippen molar-refractivity contribution in [2.24, 2.45) is 0 Å². The first-order chi connectivity index (χ1) is 9.96. The number of carboxylic acid groups (broad SMARTS) is 1. The van der Waals surface area contributed by atoms with Crippen molar-refractivity contribution in [3.8, 4) is 6.07 Å². The summed E-state index contributed by atoms with van der Waals surface area (Å²) in [5.41, 5.74) is 0.727. The van der Waals surface area contributed by atoms with Crippen LogP contribution in [0.25, 0.3) is 0 Å². The van der Waals surface area contributed by atoms with Crippen LogP contribution in [-0.2, 0) is 21.2 Å². The summed E-state index contributed by atoms with van der Waals surface area (Å²) in [5.74, 6) is -1.11. The number of hydrogen-bond acceptors (Lipinski definition) is 4. The first kappa shape index (κ1) is 15.5. The van der Waals surface area contributed by atoms with Crippen molar-refractivity contribution < 1.29 is 18.3 Å². The Morgan fingerprint density at radius 2 is 2.00 bits per heavy atom. The van der Waals surface area contributed by atoms with Gasteiger partial charge in [0, 0.05) is 6.54 Å². The van der Waals surface area contributed by atoms with Gasteiger partial charge in [-0.2, -0.15) is 9.57 Å². The lowest BCUT2D eigenvalue weighted by molar-refractivity contribution is -0.142. The number of nitrogens with zero attached hydrogens (tertiary/aromatic N) is 2. The summed E-state index contributed by atoms with van der Waals surface area (Å²) in [6, 6.07) is 7.00. The molecule has 0 saturated carbocycles. The summed E-state index contributed by atoms with van der Waals surface area (Å²) in [7, 11) is -3.82. The summed E-state index contributed by atoms with van der Waals surface area (Å²) in [4.78, 5) is 11.3. The average molecular weight is 308 g/mol. The van der Waals surface area contributed by atoms with Crippen molar-refractivity contribution in [2.75, 3.05) is 6.54 Å². The predicted molar refractivity (Wildman–Crippen MR) is 74.9 cm³/mol. The molecule has 112 valence electrons. The fraction of sp³-hybridized carbons (Fsp3) is 0.429. The third-order valence-corrected chi connectivity index (χ3v) is 5.47. The number of piperidine rings is 1. The van der Waals surface area contributed by atoms with E-state index in [0.717, 1.165) is 9.87 Å². The highest BCUT2D eigenvalue weighted by Gasteiger charge is 2.37. The summed E-state index contributed by atoms with van der Waals surface area (Å²) in [5, 5.41) is 17.8. The fourth-order valence-corrected chi connectivity index (χ4v) is 4.10. The van der Waals surface area contributed by atoms with Crippen molar-refractivity contribution in [1.82, 2.24) is 4.31 Å². The van der Waals surface area contributed by atoms with Crippen molar-refractivity contribution >= 4 is 16.0 Å². The Kier molecular flexibility index (Phi) is 4.60. The van der Waals surface area contributed by atoms with E-state index in [1.165, 1.54) is 12.1 Å². The highest BCUT2D eigenvalue weighted by Crippen LogP contribution is 2.25. The van der Waals surface area contributed by atoms with Crippen molar-refractivity contribution in [3.05, 3.63) is 29.8 Å². The second-order valence-corrected chi connectivity index (χ2v) is 6.83. The van der Waals surface area contributed by atoms with Gasteiger partial charge in [-0.05, 0) is 37.0 Å². The molecule has 0 aromatic heterocycles. The van der Waals surface area contributed by atoms with Crippen molar-refractivity contribution in [1.29, 1.82) is 5.26 Å². The number of rotatable bonds is 4. The molecular formula is C14H16N2O4S. The Balaban J connectivity index is 2.31. The molecule has 0 spiro atoms. The van der Waals surface area contributed by atoms with Crippen molar-refractivity contribution in [2.45, 2.75) is 36.6 Å². The highest BCUT2D eigenvalue weighted by molar-refractivity contribution is 7.89. The standard InChI is InChI=1S/C14H16N2O4S/c15-9-8-11-4-6-12(7-5-11)21(19,20)16-10-2-1-3-13(16)14(17)18/h4-7,13H,1-3,8,10H2,(H,17,18)/t13-/m0/s1. The lowest BCUT2D eigenvalue weighted by Crippen LogP contribution is -2.47. The molecule has 1 heterocycles. The molecule has 1 aliphatic heterocycles. The smallest absolute Gasteiger partial charge is 0.322 e. The van der Waals surface area contributed by atoms with Gasteiger partial charge in [-0.15, -0.1) is 0 Å². The molecule has 1 atom stereocenters. The predicted octanol–water partition coefficient (Wildman–Crippen LogP) is 1.38. The van der Waals surface area contributed by atoms with Crippen LogP contribution in [0.4, 0.5) is 0 Å². The van der Waals surface area contributed by atoms with Gasteiger partial charge in [-0.1, -0.05) is 12.1 Å². The van der Waals surface area contributed by atoms with Crippen LogP contribution in [0.15, 0.2) is 29.2 Å². The Morgan fingerprint density at radius 1 is 1.33 bits per heavy atom. The second kappa shape index (κ2) is 6.24. The van der Waals surface area contributed by atoms with Gasteiger partial charge in [0.2, 0.25) is 10.0 Å². The van der Waals surface area contributed by atoms with Crippen LogP contribution in [0, 0.1) is 11.3 Å². The molecule has 1 N–H and O–H groups in total. The largest absolute Gasteiger partial charge is 0.480 e. The van der Waals surface area contributed by atoms with Crippen LogP contribution in [0.5, 0.6) is 0 Å². The van der Waals surface area contributed by atoms with Crippen LogP contribution in [0.2, 0.25) is 0 Å². The van der Waals surface area contributed by atoms with E-state index in [9.17, 15) is 18.3 Å². The van der Waals surface area contributed by atoms with Crippen LogP contribution >= 0.6 is 0 Å². The lowest BCUT2D eigenvalue weighted by atomic mass is 10.1. The van der Waals surface area contributed by atoms with Gasteiger partial charge in [-0.3, -0.25) is 4.79 Å². The Bertz CT molecular complexity index is 661.